The van der Waals surface area contributed by atoms with Crippen LogP contribution in [-0.4, -0.2) is 6.41 Å². The van der Waals surface area contributed by atoms with E-state index in [0.29, 0.717) is 11.8 Å². The van der Waals surface area contributed by atoms with Crippen LogP contribution in [0.1, 0.15) is 86.1 Å². The predicted octanol–water partition coefficient (Wildman–Crippen LogP) is 12.9. The van der Waals surface area contributed by atoms with Gasteiger partial charge in [-0.05, 0) is 27.7 Å². The second-order valence-electron chi connectivity index (χ2n) is 19.7. The molecule has 0 saturated carbocycles. The molecule has 0 amide bonds. The summed E-state index contributed by atoms with van der Waals surface area (Å²) in [6, 6.07) is 73.4. The molecule has 0 aliphatic heterocycles. The molecule has 2 unspecified atom stereocenters. The van der Waals surface area contributed by atoms with Crippen molar-refractivity contribution in [3.05, 3.63) is 297 Å². The average Bonchev–Trinajstić information content (AvgIpc) is 4.15. The summed E-state index contributed by atoms with van der Waals surface area (Å²) in [6.07, 6.45) is 10.6. The van der Waals surface area contributed by atoms with E-state index < -0.39 is 0 Å². The van der Waals surface area contributed by atoms with Crippen molar-refractivity contribution in [3.8, 4) is 0 Å². The van der Waals surface area contributed by atoms with E-state index in [9.17, 15) is 0 Å². The third-order valence-corrected chi connectivity index (χ3v) is 16.8. The van der Waals surface area contributed by atoms with Crippen molar-refractivity contribution >= 4 is 49.5 Å². The fourth-order valence-electron chi connectivity index (χ4n) is 8.94. The van der Waals surface area contributed by atoms with Gasteiger partial charge in [0.1, 0.15) is 0 Å². The average molecular weight is 1190 g/mol. The topological polar surface area (TPSA) is 0 Å². The van der Waals surface area contributed by atoms with Crippen molar-refractivity contribution in [3.63, 3.8) is 0 Å². The molecular formula is C72H68Cl2Zr2-2. The van der Waals surface area contributed by atoms with Crippen LogP contribution in [0.15, 0.2) is 241 Å². The summed E-state index contributed by atoms with van der Waals surface area (Å²) >= 11 is 2.92. The Bertz CT molecular complexity index is 3190. The molecule has 0 fully saturated rings. The van der Waals surface area contributed by atoms with Gasteiger partial charge < -0.3 is 24.8 Å². The number of hydrogen-bond acceptors (Lipinski definition) is 0. The molecule has 0 nitrogen and oxygen atoms in total. The summed E-state index contributed by atoms with van der Waals surface area (Å²) in [5.41, 5.74) is 16.3. The molecule has 76 heavy (non-hydrogen) atoms. The van der Waals surface area contributed by atoms with Gasteiger partial charge in [-0.3, -0.25) is 12.2 Å². The SMILES string of the molecule is CC1=C(C)C(C)[C-]=C1.CC1=C(C)C(C)[C-]=C1.Cc1ccc2c(c1)[cH-]c1cc(C)ccc12.Cc1ccc2c(c1)[cH-]c1cc(C)ccc12.[Cl-].[Cl-].[Zr+2]=[C](c1ccccc1)c1ccccc1.[Zr+2]=[C](c1ccccc1)c1ccccc1. The van der Waals surface area contributed by atoms with Crippen LogP contribution in [0.4, 0.5) is 0 Å². The minimum absolute atomic E-state index is 0. The molecule has 0 saturated heterocycles. The van der Waals surface area contributed by atoms with Gasteiger partial charge in [0.25, 0.3) is 0 Å². The number of allylic oxidation sites excluding steroid dienone is 8. The van der Waals surface area contributed by atoms with Gasteiger partial charge in [-0.25, -0.2) is 23.3 Å². The van der Waals surface area contributed by atoms with E-state index in [0.717, 1.165) is 0 Å². The van der Waals surface area contributed by atoms with Crippen LogP contribution in [0.5, 0.6) is 0 Å². The first-order valence-corrected chi connectivity index (χ1v) is 28.2. The molecule has 0 heterocycles. The van der Waals surface area contributed by atoms with E-state index in [-0.39, 0.29) is 24.8 Å². The van der Waals surface area contributed by atoms with E-state index in [1.807, 2.05) is 0 Å². The summed E-state index contributed by atoms with van der Waals surface area (Å²) in [5.74, 6) is 1.13. The fraction of sp³-hybridized carbons (Fsp3) is 0.167. The zero-order valence-electron chi connectivity index (χ0n) is 45.7. The Morgan fingerprint density at radius 1 is 0.342 bits per heavy atom. The Morgan fingerprint density at radius 2 is 0.566 bits per heavy atom. The van der Waals surface area contributed by atoms with E-state index in [1.54, 1.807) is 0 Å². The quantitative estimate of drug-likeness (QED) is 0.154. The molecule has 0 aromatic heterocycles. The van der Waals surface area contributed by atoms with Crippen LogP contribution >= 0.6 is 0 Å². The molecule has 10 aromatic rings. The molecular weight excluding hydrogens is 1120 g/mol. The monoisotopic (exact) mass is 1180 g/mol. The van der Waals surface area contributed by atoms with Crippen molar-refractivity contribution in [2.24, 2.45) is 11.8 Å². The molecule has 0 spiro atoms. The van der Waals surface area contributed by atoms with Crippen LogP contribution in [0.3, 0.4) is 0 Å². The predicted molar refractivity (Wildman–Crippen MR) is 316 cm³/mol. The van der Waals surface area contributed by atoms with Gasteiger partial charge in [0.2, 0.25) is 0 Å². The standard InChI is InChI=1S/2C15H13.2C13H10.2C8H11.2ClH.2Zr/c2*1-10-3-5-14-12(7-10)9-13-8-11(2)4-6-15(13)14;2*1-3-7-12(8-4-1)11-13-9-5-2-6-10-13;2*1-6-4-5-7(2)8(6)3;;;;/h2*3-9H,1-2H3;2*1-10H;2*4,7H,1-3H3;2*1H;;/q2*-1;;;2*-1;;;2*+2/p-2. The van der Waals surface area contributed by atoms with Crippen molar-refractivity contribution in [1.82, 2.24) is 0 Å². The van der Waals surface area contributed by atoms with Gasteiger partial charge in [-0.2, -0.15) is 11.1 Å². The van der Waals surface area contributed by atoms with Crippen LogP contribution < -0.4 is 24.8 Å². The number of hydrogen-bond donors (Lipinski definition) is 0. The Kier molecular flexibility index (Phi) is 24.2. The van der Waals surface area contributed by atoms with Crippen LogP contribution in [0, 0.1) is 51.7 Å². The summed E-state index contributed by atoms with van der Waals surface area (Å²) in [5, 5.41) is 10.9. The van der Waals surface area contributed by atoms with Crippen molar-refractivity contribution in [1.29, 1.82) is 0 Å². The molecule has 2 aliphatic carbocycles. The van der Waals surface area contributed by atoms with E-state index in [1.165, 1.54) is 165 Å². The van der Waals surface area contributed by atoms with Crippen LogP contribution in [-0.2, 0) is 48.5 Å². The first kappa shape index (κ1) is 61.4. The molecule has 2 atom stereocenters. The van der Waals surface area contributed by atoms with Crippen LogP contribution in [0.2, 0.25) is 0 Å². The molecule has 0 N–H and O–H groups in total. The maximum atomic E-state index is 3.22. The molecule has 0 radical (unpaired) electrons. The summed E-state index contributed by atoms with van der Waals surface area (Å²) in [7, 11) is 0. The molecule has 380 valence electrons. The summed E-state index contributed by atoms with van der Waals surface area (Å²) in [4.78, 5) is 0. The van der Waals surface area contributed by atoms with Gasteiger partial charge in [0.15, 0.2) is 0 Å². The zero-order valence-corrected chi connectivity index (χ0v) is 52.1. The fourth-order valence-corrected chi connectivity index (χ4v) is 10.6. The first-order chi connectivity index (χ1) is 35.7. The molecule has 12 rings (SSSR count). The van der Waals surface area contributed by atoms with Crippen molar-refractivity contribution in [2.45, 2.75) is 69.2 Å². The number of halogens is 2. The van der Waals surface area contributed by atoms with Crippen LogP contribution in [0.25, 0.3) is 43.1 Å². The Morgan fingerprint density at radius 3 is 0.737 bits per heavy atom. The van der Waals surface area contributed by atoms with E-state index in [4.69, 9.17) is 0 Å². The van der Waals surface area contributed by atoms with Gasteiger partial charge in [0, 0.05) is 0 Å². The Labute approximate surface area is 496 Å². The Hall–Kier alpha value is -5.45. The molecule has 4 heteroatoms. The molecule has 2 aliphatic rings. The number of aryl methyl sites for hydroxylation is 4. The van der Waals surface area contributed by atoms with Gasteiger partial charge in [-0.1, -0.05) is 110 Å². The first-order valence-electron chi connectivity index (χ1n) is 25.7. The van der Waals surface area contributed by atoms with E-state index >= 15 is 0 Å². The maximum absolute atomic E-state index is 3.22. The normalized spacial score (nSPS) is 13.9. The van der Waals surface area contributed by atoms with Gasteiger partial charge in [0.05, 0.1) is 0 Å². The summed E-state index contributed by atoms with van der Waals surface area (Å²) in [6.45, 7) is 21.5. The second-order valence-corrected chi connectivity index (χ2v) is 22.1. The molecule has 0 bridgehead atoms. The zero-order chi connectivity index (χ0) is 52.7. The number of benzene rings is 8. The van der Waals surface area contributed by atoms with Crippen molar-refractivity contribution < 1.29 is 73.3 Å². The Balaban J connectivity index is 0.000000170. The number of rotatable bonds is 4. The molecule has 10 aromatic carbocycles. The third kappa shape index (κ3) is 16.8. The number of fused-ring (bicyclic) bond motifs is 6. The van der Waals surface area contributed by atoms with E-state index in [2.05, 4.69) is 300 Å². The summed E-state index contributed by atoms with van der Waals surface area (Å²) < 4.78 is 2.83. The van der Waals surface area contributed by atoms with Gasteiger partial charge in [-0.15, -0.1) is 93.3 Å². The third-order valence-electron chi connectivity index (χ3n) is 13.9. The second kappa shape index (κ2) is 29.9. The van der Waals surface area contributed by atoms with Gasteiger partial charge >= 0.3 is 198 Å². The minimum atomic E-state index is 0. The van der Waals surface area contributed by atoms with Crippen molar-refractivity contribution in [2.75, 3.05) is 0 Å².